The van der Waals surface area contributed by atoms with Gasteiger partial charge in [-0.15, -0.1) is 0 Å². The van der Waals surface area contributed by atoms with E-state index in [1.54, 1.807) is 0 Å². The van der Waals surface area contributed by atoms with E-state index in [0.717, 1.165) is 25.1 Å². The summed E-state index contributed by atoms with van der Waals surface area (Å²) in [6.45, 7) is -0.784. The Morgan fingerprint density at radius 2 is 1.36 bits per heavy atom. The topological polar surface area (TPSA) is 355 Å². The summed E-state index contributed by atoms with van der Waals surface area (Å²) in [6.07, 6.45) is -21.5. The number of benzene rings is 2. The van der Waals surface area contributed by atoms with Gasteiger partial charge < -0.3 is 85.0 Å². The Kier molecular flexibility index (Phi) is 11.2. The van der Waals surface area contributed by atoms with Gasteiger partial charge in [-0.05, 0) is 25.1 Å². The van der Waals surface area contributed by atoms with Crippen molar-refractivity contribution >= 4 is 22.9 Å². The van der Waals surface area contributed by atoms with Crippen molar-refractivity contribution in [2.24, 2.45) is 0 Å². The third kappa shape index (κ3) is 7.59. The smallest absolute Gasteiger partial charge is 0.308 e. The third-order valence-corrected chi connectivity index (χ3v) is 9.09. The fraction of sp³-hybridized carbons (Fsp3) is 0.485. The summed E-state index contributed by atoms with van der Waals surface area (Å²) in [6, 6.07) is 4.10. The minimum Gasteiger partial charge on any atom is -0.507 e. The number of carbonyl (C=O) groups excluding carboxylic acids is 1. The van der Waals surface area contributed by atoms with Crippen molar-refractivity contribution in [3.63, 3.8) is 0 Å². The number of aromatic hydroxyl groups is 4. The normalized spacial score (nSPS) is 30.1. The van der Waals surface area contributed by atoms with Crippen LogP contribution in [-0.4, -0.2) is 146 Å². The van der Waals surface area contributed by atoms with Crippen LogP contribution >= 0.6 is 0 Å². The molecule has 1 aromatic heterocycles. The summed E-state index contributed by atoms with van der Waals surface area (Å²) < 4.78 is 22.2. The summed E-state index contributed by atoms with van der Waals surface area (Å²) in [7, 11) is 0. The van der Waals surface area contributed by atoms with Crippen molar-refractivity contribution in [1.29, 1.82) is 0 Å². The van der Waals surface area contributed by atoms with Crippen LogP contribution in [-0.2, 0) is 23.8 Å². The molecule has 2 aliphatic heterocycles. The summed E-state index contributed by atoms with van der Waals surface area (Å²) in [5.41, 5.74) is -5.43. The van der Waals surface area contributed by atoms with E-state index < -0.39 is 155 Å². The van der Waals surface area contributed by atoms with E-state index in [9.17, 15) is 75.7 Å². The summed E-state index contributed by atoms with van der Waals surface area (Å²) in [5.74, 6) is -6.37. The van der Waals surface area contributed by atoms with Crippen LogP contribution in [0.15, 0.2) is 33.5 Å². The van der Waals surface area contributed by atoms with Gasteiger partial charge in [-0.3, -0.25) is 14.4 Å². The zero-order valence-electron chi connectivity index (χ0n) is 27.6. The largest absolute Gasteiger partial charge is 0.507 e. The number of carbonyl (C=O) groups is 2. The fourth-order valence-electron chi connectivity index (χ4n) is 6.35. The lowest BCUT2D eigenvalue weighted by Crippen LogP contribution is -2.56. The molecular weight excluding hydrogens is 716 g/mol. The van der Waals surface area contributed by atoms with Crippen LogP contribution in [0.4, 0.5) is 0 Å². The number of carboxylic acid groups (broad SMARTS) is 1. The summed E-state index contributed by atoms with van der Waals surface area (Å²) >= 11 is 0. The molecule has 20 nitrogen and oxygen atoms in total. The predicted octanol–water partition coefficient (Wildman–Crippen LogP) is -2.52. The number of hydrogen-bond donors (Lipinski definition) is 13. The molecule has 0 amide bonds. The number of rotatable bonds is 10. The first-order valence-corrected chi connectivity index (χ1v) is 16.0. The first kappa shape index (κ1) is 39.6. The van der Waals surface area contributed by atoms with E-state index in [2.05, 4.69) is 0 Å². The maximum atomic E-state index is 13.7. The Labute approximate surface area is 297 Å². The van der Waals surface area contributed by atoms with Gasteiger partial charge >= 0.3 is 11.9 Å². The van der Waals surface area contributed by atoms with Crippen molar-refractivity contribution in [3.8, 4) is 34.3 Å². The molecule has 0 radical (unpaired) electrons. The van der Waals surface area contributed by atoms with Gasteiger partial charge in [-0.1, -0.05) is 0 Å². The maximum Gasteiger partial charge on any atom is 0.308 e. The van der Waals surface area contributed by atoms with Crippen LogP contribution in [0.2, 0.25) is 0 Å². The van der Waals surface area contributed by atoms with E-state index >= 15 is 0 Å². The molecule has 2 fully saturated rings. The van der Waals surface area contributed by atoms with Gasteiger partial charge in [0.1, 0.15) is 90.3 Å². The second-order valence-electron chi connectivity index (χ2n) is 13.2. The molecule has 5 rings (SSSR count). The standard InChI is InChI=1S/C33H38O20/c1-33(49,6-17(38)39)7-18(40)50-9-16-23(42)27(46)28(47)31(53-16)20-24(43)19-13(37)5-14(10-2-3-11(35)12(36)4-10)51-30(19)21(25(20)44)32-29(48)26(45)22(41)15(8-34)52-32/h2-5,15-16,22-23,26-29,31-32,34-36,41-49H,6-9H2,1H3,(H,38,39)/t15-,16-,22-,23-,26+,27+,28-,29-,31+,32+,33?/m1/s1. The zero-order valence-corrected chi connectivity index (χ0v) is 27.6. The minimum absolute atomic E-state index is 0.0212. The van der Waals surface area contributed by atoms with Crippen molar-refractivity contribution in [1.82, 2.24) is 0 Å². The molecule has 20 heteroatoms. The van der Waals surface area contributed by atoms with Crippen LogP contribution in [0.25, 0.3) is 22.3 Å². The Morgan fingerprint density at radius 1 is 0.774 bits per heavy atom. The van der Waals surface area contributed by atoms with Gasteiger partial charge in [0, 0.05) is 11.6 Å². The van der Waals surface area contributed by atoms with Gasteiger partial charge in [-0.25, -0.2) is 0 Å². The molecular formula is C33H38O20. The molecule has 1 unspecified atom stereocenters. The Hall–Kier alpha value is -4.61. The average Bonchev–Trinajstić information content (AvgIpc) is 3.07. The molecule has 290 valence electrons. The SMILES string of the molecule is CC(O)(CC(=O)O)CC(=O)OC[C@H]1O[C@@H](c2c(O)c([C@@H]3O[C@H](CO)[C@@H](O)[C@H](O)[C@H]3O)c3oc(-c4ccc(O)c(O)c4)cc(=O)c3c2O)[C@H](O)[C@@H](O)[C@@H]1O. The second-order valence-corrected chi connectivity index (χ2v) is 13.2. The third-order valence-electron chi connectivity index (χ3n) is 9.09. The number of ether oxygens (including phenoxy) is 3. The lowest BCUT2D eigenvalue weighted by Gasteiger charge is -2.42. The molecule has 53 heavy (non-hydrogen) atoms. The van der Waals surface area contributed by atoms with E-state index in [1.165, 1.54) is 6.07 Å². The quantitative estimate of drug-likeness (QED) is 0.0750. The first-order valence-electron chi connectivity index (χ1n) is 16.0. The van der Waals surface area contributed by atoms with Gasteiger partial charge in [0.05, 0.1) is 36.2 Å². The molecule has 0 bridgehead atoms. The summed E-state index contributed by atoms with van der Waals surface area (Å²) in [5, 5.41) is 136. The molecule has 2 aliphatic rings. The molecule has 3 heterocycles. The number of hydrogen-bond acceptors (Lipinski definition) is 19. The molecule has 2 saturated heterocycles. The maximum absolute atomic E-state index is 13.7. The van der Waals surface area contributed by atoms with E-state index in [1.807, 2.05) is 0 Å². The van der Waals surface area contributed by atoms with Gasteiger partial charge in [0.2, 0.25) is 0 Å². The van der Waals surface area contributed by atoms with E-state index in [4.69, 9.17) is 23.7 Å². The Bertz CT molecular complexity index is 1920. The molecule has 0 saturated carbocycles. The molecule has 0 aliphatic carbocycles. The number of esters is 1. The second kappa shape index (κ2) is 15.0. The van der Waals surface area contributed by atoms with Crippen LogP contribution in [0.1, 0.15) is 43.1 Å². The van der Waals surface area contributed by atoms with Crippen LogP contribution in [0.3, 0.4) is 0 Å². The first-order chi connectivity index (χ1) is 24.8. The van der Waals surface area contributed by atoms with Crippen molar-refractivity contribution in [2.45, 2.75) is 86.4 Å². The van der Waals surface area contributed by atoms with Crippen LogP contribution < -0.4 is 5.43 Å². The van der Waals surface area contributed by atoms with Crippen molar-refractivity contribution < 1.29 is 94.6 Å². The Balaban J connectivity index is 1.65. The van der Waals surface area contributed by atoms with Gasteiger partial charge in [-0.2, -0.15) is 0 Å². The molecule has 0 spiro atoms. The lowest BCUT2D eigenvalue weighted by molar-refractivity contribution is -0.236. The van der Waals surface area contributed by atoms with Gasteiger partial charge in [0.25, 0.3) is 0 Å². The lowest BCUT2D eigenvalue weighted by atomic mass is 9.85. The Morgan fingerprint density at radius 3 is 1.94 bits per heavy atom. The highest BCUT2D eigenvalue weighted by molar-refractivity contribution is 5.92. The number of aliphatic hydroxyl groups is 8. The highest BCUT2D eigenvalue weighted by Gasteiger charge is 2.50. The monoisotopic (exact) mass is 754 g/mol. The highest BCUT2D eigenvalue weighted by Crippen LogP contribution is 2.51. The number of phenolic OH excluding ortho intramolecular Hbond substituents is 4. The number of phenols is 4. The van der Waals surface area contributed by atoms with E-state index in [-0.39, 0.29) is 11.3 Å². The number of fused-ring (bicyclic) bond motifs is 1. The zero-order chi connectivity index (χ0) is 39.3. The number of aliphatic hydroxyl groups excluding tert-OH is 7. The van der Waals surface area contributed by atoms with Gasteiger partial charge in [0.15, 0.2) is 22.5 Å². The van der Waals surface area contributed by atoms with Crippen molar-refractivity contribution in [3.05, 3.63) is 45.6 Å². The number of aliphatic carboxylic acids is 1. The van der Waals surface area contributed by atoms with Crippen LogP contribution in [0.5, 0.6) is 23.0 Å². The number of carboxylic acids is 1. The molecule has 3 aromatic rings. The van der Waals surface area contributed by atoms with Crippen LogP contribution in [0, 0.1) is 0 Å². The molecule has 13 N–H and O–H groups in total. The molecule has 11 atom stereocenters. The summed E-state index contributed by atoms with van der Waals surface area (Å²) in [4.78, 5) is 37.1. The fourth-order valence-corrected chi connectivity index (χ4v) is 6.35. The van der Waals surface area contributed by atoms with Crippen molar-refractivity contribution in [2.75, 3.05) is 13.2 Å². The van der Waals surface area contributed by atoms with E-state index in [0.29, 0.717) is 0 Å². The highest BCUT2D eigenvalue weighted by atomic mass is 16.6. The average molecular weight is 755 g/mol. The predicted molar refractivity (Wildman–Crippen MR) is 171 cm³/mol. The molecule has 2 aromatic carbocycles. The minimum atomic E-state index is -2.21.